The van der Waals surface area contributed by atoms with Crippen molar-refractivity contribution >= 4 is 17.6 Å². The van der Waals surface area contributed by atoms with Crippen molar-refractivity contribution < 1.29 is 18.7 Å². The van der Waals surface area contributed by atoms with Crippen molar-refractivity contribution in [2.24, 2.45) is 0 Å². The van der Waals surface area contributed by atoms with Crippen LogP contribution in [0.2, 0.25) is 0 Å². The average molecular weight is 366 g/mol. The van der Waals surface area contributed by atoms with E-state index in [-0.39, 0.29) is 17.2 Å². The molecule has 1 aliphatic rings. The molecule has 1 fully saturated rings. The number of carbonyl (C=O) groups excluding carboxylic acids is 2. The fourth-order valence-corrected chi connectivity index (χ4v) is 3.64. The number of benzene rings is 2. The highest BCUT2D eigenvalue weighted by Crippen LogP contribution is 2.43. The Labute approximate surface area is 156 Å². The van der Waals surface area contributed by atoms with Gasteiger partial charge in [-0.25, -0.2) is 4.39 Å². The van der Waals surface area contributed by atoms with Crippen LogP contribution in [-0.2, 0) is 15.0 Å². The maximum Gasteiger partial charge on any atom is 0.308 e. The molecule has 0 aromatic heterocycles. The number of nitrogens with one attached hydrogen (secondary N) is 1. The third kappa shape index (κ3) is 3.68. The Kier molecular flexibility index (Phi) is 5.22. The van der Waals surface area contributed by atoms with Gasteiger partial charge in [-0.05, 0) is 37.1 Å². The number of nitriles is 1. The Bertz CT molecular complexity index is 927. The van der Waals surface area contributed by atoms with Crippen LogP contribution in [0.4, 0.5) is 10.1 Å². The second kappa shape index (κ2) is 7.58. The molecule has 0 atom stereocenters. The lowest BCUT2D eigenvalue weighted by atomic mass is 9.77. The number of nitrogens with zero attached hydrogens (tertiary/aromatic N) is 1. The van der Waals surface area contributed by atoms with Crippen LogP contribution in [0.5, 0.6) is 5.75 Å². The Morgan fingerprint density at radius 2 is 1.89 bits per heavy atom. The van der Waals surface area contributed by atoms with E-state index in [1.165, 1.54) is 25.1 Å². The van der Waals surface area contributed by atoms with Gasteiger partial charge in [0.15, 0.2) is 0 Å². The van der Waals surface area contributed by atoms with E-state index in [2.05, 4.69) is 5.32 Å². The van der Waals surface area contributed by atoms with Crippen LogP contribution in [0.3, 0.4) is 0 Å². The molecule has 1 saturated carbocycles. The highest BCUT2D eigenvalue weighted by atomic mass is 19.1. The molecule has 3 rings (SSSR count). The van der Waals surface area contributed by atoms with Gasteiger partial charge >= 0.3 is 5.97 Å². The van der Waals surface area contributed by atoms with Crippen LogP contribution in [0.1, 0.15) is 43.7 Å². The van der Waals surface area contributed by atoms with Gasteiger partial charge in [0.2, 0.25) is 5.91 Å². The van der Waals surface area contributed by atoms with Crippen molar-refractivity contribution in [3.8, 4) is 11.8 Å². The summed E-state index contributed by atoms with van der Waals surface area (Å²) >= 11 is 0. The fraction of sp³-hybridized carbons (Fsp3) is 0.286. The minimum atomic E-state index is -0.924. The highest BCUT2D eigenvalue weighted by Gasteiger charge is 2.44. The molecule has 0 spiro atoms. The second-order valence-electron chi connectivity index (χ2n) is 6.64. The van der Waals surface area contributed by atoms with Gasteiger partial charge < -0.3 is 10.1 Å². The van der Waals surface area contributed by atoms with Gasteiger partial charge in [0, 0.05) is 18.2 Å². The molecule has 0 aliphatic heterocycles. The number of halogens is 1. The number of hydrogen-bond donors (Lipinski definition) is 1. The molecule has 138 valence electrons. The van der Waals surface area contributed by atoms with Gasteiger partial charge in [0.1, 0.15) is 17.6 Å². The first-order valence-corrected chi connectivity index (χ1v) is 8.75. The molecule has 1 aliphatic carbocycles. The van der Waals surface area contributed by atoms with E-state index in [0.717, 1.165) is 12.8 Å². The molecule has 2 aromatic rings. The van der Waals surface area contributed by atoms with Crippen LogP contribution in [0.15, 0.2) is 42.5 Å². The summed E-state index contributed by atoms with van der Waals surface area (Å²) < 4.78 is 19.4. The molecule has 1 N–H and O–H groups in total. The number of esters is 1. The quantitative estimate of drug-likeness (QED) is 0.653. The molecule has 1 amide bonds. The van der Waals surface area contributed by atoms with Crippen molar-refractivity contribution in [2.45, 2.75) is 38.0 Å². The van der Waals surface area contributed by atoms with Gasteiger partial charge in [0.05, 0.1) is 11.0 Å². The molecular formula is C21H19FN2O3. The monoisotopic (exact) mass is 366 g/mol. The predicted octanol–water partition coefficient (Wildman–Crippen LogP) is 4.07. The molecule has 6 heteroatoms. The van der Waals surface area contributed by atoms with Crippen molar-refractivity contribution in [2.75, 3.05) is 5.32 Å². The van der Waals surface area contributed by atoms with E-state index in [1.807, 2.05) is 6.07 Å². The van der Waals surface area contributed by atoms with Gasteiger partial charge in [-0.1, -0.05) is 31.0 Å². The summed E-state index contributed by atoms with van der Waals surface area (Å²) in [6.45, 7) is 1.25. The zero-order valence-corrected chi connectivity index (χ0v) is 14.9. The van der Waals surface area contributed by atoms with Crippen LogP contribution >= 0.6 is 0 Å². The first kappa shape index (κ1) is 18.6. The molecule has 0 unspecified atom stereocenters. The van der Waals surface area contributed by atoms with E-state index in [9.17, 15) is 19.2 Å². The van der Waals surface area contributed by atoms with E-state index >= 15 is 0 Å². The maximum absolute atomic E-state index is 14.4. The van der Waals surface area contributed by atoms with Crippen molar-refractivity contribution in [1.29, 1.82) is 5.26 Å². The van der Waals surface area contributed by atoms with E-state index in [0.29, 0.717) is 24.1 Å². The third-order valence-corrected chi connectivity index (χ3v) is 4.89. The smallest absolute Gasteiger partial charge is 0.308 e. The van der Waals surface area contributed by atoms with Crippen LogP contribution < -0.4 is 10.1 Å². The van der Waals surface area contributed by atoms with Crippen molar-refractivity contribution in [3.63, 3.8) is 0 Å². The molecule has 2 aromatic carbocycles. The normalized spacial score (nSPS) is 15.0. The lowest BCUT2D eigenvalue weighted by Gasteiger charge is -2.28. The number of carbonyl (C=O) groups is 2. The van der Waals surface area contributed by atoms with Crippen LogP contribution in [0, 0.1) is 17.1 Å². The molecular weight excluding hydrogens is 347 g/mol. The summed E-state index contributed by atoms with van der Waals surface area (Å²) in [7, 11) is 0. The first-order valence-electron chi connectivity index (χ1n) is 8.75. The molecule has 0 heterocycles. The summed E-state index contributed by atoms with van der Waals surface area (Å²) in [6.07, 6.45) is 2.82. The minimum Gasteiger partial charge on any atom is -0.425 e. The lowest BCUT2D eigenvalue weighted by Crippen LogP contribution is -2.38. The molecule has 0 saturated heterocycles. The zero-order valence-electron chi connectivity index (χ0n) is 14.9. The highest BCUT2D eigenvalue weighted by molar-refractivity contribution is 5.99. The third-order valence-electron chi connectivity index (χ3n) is 4.89. The maximum atomic E-state index is 14.4. The fourth-order valence-electron chi connectivity index (χ4n) is 3.64. The number of anilines is 1. The van der Waals surface area contributed by atoms with Crippen LogP contribution in [-0.4, -0.2) is 11.9 Å². The Hall–Kier alpha value is -3.20. The van der Waals surface area contributed by atoms with E-state index in [1.54, 1.807) is 24.3 Å². The largest absolute Gasteiger partial charge is 0.425 e. The number of hydrogen-bond acceptors (Lipinski definition) is 4. The second-order valence-corrected chi connectivity index (χ2v) is 6.64. The van der Waals surface area contributed by atoms with E-state index < -0.39 is 17.2 Å². The van der Waals surface area contributed by atoms with Crippen molar-refractivity contribution in [3.05, 3.63) is 59.4 Å². The molecule has 0 bridgehead atoms. The van der Waals surface area contributed by atoms with Gasteiger partial charge in [-0.2, -0.15) is 5.26 Å². The minimum absolute atomic E-state index is 0.132. The summed E-state index contributed by atoms with van der Waals surface area (Å²) in [5.41, 5.74) is 0.00801. The summed E-state index contributed by atoms with van der Waals surface area (Å²) in [6, 6.07) is 12.8. The van der Waals surface area contributed by atoms with Gasteiger partial charge in [0.25, 0.3) is 0 Å². The number of amides is 1. The molecule has 0 radical (unpaired) electrons. The SMILES string of the molecule is CC(=O)Oc1ccc(NC(=O)C2(c3ccccc3F)CCCC2)cc1C#N. The summed E-state index contributed by atoms with van der Waals surface area (Å²) in [4.78, 5) is 24.2. The summed E-state index contributed by atoms with van der Waals surface area (Å²) in [5, 5.41) is 12.1. The Morgan fingerprint density at radius 3 is 2.52 bits per heavy atom. The van der Waals surface area contributed by atoms with E-state index in [4.69, 9.17) is 4.74 Å². The van der Waals surface area contributed by atoms with Gasteiger partial charge in [-0.15, -0.1) is 0 Å². The topological polar surface area (TPSA) is 79.2 Å². The number of rotatable bonds is 4. The first-order chi connectivity index (χ1) is 13.0. The average Bonchev–Trinajstić information content (AvgIpc) is 3.14. The lowest BCUT2D eigenvalue weighted by molar-refractivity contribution is -0.132. The van der Waals surface area contributed by atoms with Crippen molar-refractivity contribution in [1.82, 2.24) is 0 Å². The zero-order chi connectivity index (χ0) is 19.4. The molecule has 5 nitrogen and oxygen atoms in total. The number of ether oxygens (including phenoxy) is 1. The summed E-state index contributed by atoms with van der Waals surface area (Å²) in [5.74, 6) is -1.09. The van der Waals surface area contributed by atoms with Crippen LogP contribution in [0.25, 0.3) is 0 Å². The Balaban J connectivity index is 1.90. The standard InChI is InChI=1S/C21H19FN2O3/c1-14(25)27-19-9-8-16(12-15(19)13-23)24-20(26)21(10-4-5-11-21)17-6-2-3-7-18(17)22/h2-3,6-9,12H,4-5,10-11H2,1H3,(H,24,26). The van der Waals surface area contributed by atoms with Gasteiger partial charge in [-0.3, -0.25) is 9.59 Å². The predicted molar refractivity (Wildman–Crippen MR) is 97.6 cm³/mol. The Morgan fingerprint density at radius 1 is 1.19 bits per heavy atom. The molecule has 27 heavy (non-hydrogen) atoms.